The van der Waals surface area contributed by atoms with E-state index in [0.29, 0.717) is 0 Å². The van der Waals surface area contributed by atoms with Crippen molar-refractivity contribution in [3.63, 3.8) is 0 Å². The first-order chi connectivity index (χ1) is 7.00. The molecule has 0 unspecified atom stereocenters. The number of nitro groups is 1. The molecule has 15 heavy (non-hydrogen) atoms. The summed E-state index contributed by atoms with van der Waals surface area (Å²) in [5.41, 5.74) is 0.121. The number of hydrogen-bond donors (Lipinski definition) is 1. The molecular weight excluding hydrogens is 198 g/mol. The second-order valence-corrected chi connectivity index (χ2v) is 2.94. The van der Waals surface area contributed by atoms with Gasteiger partial charge in [0.2, 0.25) is 0 Å². The van der Waals surface area contributed by atoms with Crippen LogP contribution in [0.1, 0.15) is 12.5 Å². The van der Waals surface area contributed by atoms with E-state index < -0.39 is 4.92 Å². The second-order valence-electron chi connectivity index (χ2n) is 2.94. The molecule has 0 radical (unpaired) electrons. The maximum absolute atomic E-state index is 10.6. The van der Waals surface area contributed by atoms with Crippen LogP contribution in [0.5, 0.6) is 5.75 Å². The Labute approximate surface area is 85.8 Å². The zero-order chi connectivity index (χ0) is 11.4. The van der Waals surface area contributed by atoms with Crippen LogP contribution in [-0.4, -0.2) is 15.8 Å². The third-order valence-corrected chi connectivity index (χ3v) is 1.72. The van der Waals surface area contributed by atoms with Crippen molar-refractivity contribution in [2.45, 2.75) is 6.92 Å². The molecule has 0 aliphatic rings. The molecule has 78 valence electrons. The van der Waals surface area contributed by atoms with Crippen LogP contribution in [0.25, 0.3) is 6.08 Å². The minimum atomic E-state index is -0.565. The first kappa shape index (κ1) is 10.9. The quantitative estimate of drug-likeness (QED) is 0.466. The molecule has 1 N–H and O–H groups in total. The average Bonchev–Trinajstić information content (AvgIpc) is 2.16. The largest absolute Gasteiger partial charge is 0.507 e. The second kappa shape index (κ2) is 4.36. The van der Waals surface area contributed by atoms with Crippen LogP contribution in [0.2, 0.25) is 0 Å². The molecular formula is C10H9NO4. The molecule has 1 rings (SSSR count). The number of ketones is 1. The van der Waals surface area contributed by atoms with E-state index in [-0.39, 0.29) is 22.8 Å². The van der Waals surface area contributed by atoms with Crippen LogP contribution in [0, 0.1) is 10.1 Å². The van der Waals surface area contributed by atoms with Crippen LogP contribution in [0.4, 0.5) is 5.69 Å². The standard InChI is InChI=1S/C10H9NO4/c1-7(12)2-3-8-6-9(11(14)15)4-5-10(8)13/h2-6,13H,1H3. The number of carbonyl (C=O) groups is 1. The molecule has 0 aliphatic carbocycles. The number of rotatable bonds is 3. The number of benzene rings is 1. The van der Waals surface area contributed by atoms with Gasteiger partial charge in [0.25, 0.3) is 5.69 Å². The number of phenolic OH excluding ortho intramolecular Hbond substituents is 1. The zero-order valence-electron chi connectivity index (χ0n) is 8.01. The minimum absolute atomic E-state index is 0.0990. The Morgan fingerprint density at radius 2 is 2.20 bits per heavy atom. The lowest BCUT2D eigenvalue weighted by atomic mass is 10.1. The van der Waals surface area contributed by atoms with Crippen molar-refractivity contribution in [2.24, 2.45) is 0 Å². The van der Waals surface area contributed by atoms with E-state index in [4.69, 9.17) is 0 Å². The first-order valence-corrected chi connectivity index (χ1v) is 4.17. The smallest absolute Gasteiger partial charge is 0.270 e. The lowest BCUT2D eigenvalue weighted by Crippen LogP contribution is -1.88. The Hall–Kier alpha value is -2.17. The van der Waals surface area contributed by atoms with E-state index in [2.05, 4.69) is 0 Å². The number of phenols is 1. The van der Waals surface area contributed by atoms with Crippen LogP contribution in [0.15, 0.2) is 24.3 Å². The van der Waals surface area contributed by atoms with E-state index in [9.17, 15) is 20.0 Å². The van der Waals surface area contributed by atoms with E-state index in [1.165, 1.54) is 37.3 Å². The molecule has 5 heteroatoms. The number of carbonyl (C=O) groups excluding carboxylic acids is 1. The van der Waals surface area contributed by atoms with E-state index in [1.54, 1.807) is 0 Å². The van der Waals surface area contributed by atoms with Crippen molar-refractivity contribution in [3.8, 4) is 5.75 Å². The van der Waals surface area contributed by atoms with Gasteiger partial charge in [-0.3, -0.25) is 14.9 Å². The number of non-ortho nitro benzene ring substituents is 1. The summed E-state index contributed by atoms with van der Waals surface area (Å²) in [4.78, 5) is 20.5. The van der Waals surface area contributed by atoms with Crippen molar-refractivity contribution in [1.29, 1.82) is 0 Å². The Bertz CT molecular complexity index is 437. The van der Waals surface area contributed by atoms with Crippen molar-refractivity contribution in [2.75, 3.05) is 0 Å². The van der Waals surface area contributed by atoms with Gasteiger partial charge in [0.1, 0.15) is 5.75 Å². The van der Waals surface area contributed by atoms with Crippen molar-refractivity contribution < 1.29 is 14.8 Å². The molecule has 1 aromatic carbocycles. The van der Waals surface area contributed by atoms with Gasteiger partial charge in [0.05, 0.1) is 4.92 Å². The molecule has 0 aromatic heterocycles. The van der Waals surface area contributed by atoms with E-state index in [0.717, 1.165) is 0 Å². The fourth-order valence-electron chi connectivity index (χ4n) is 0.996. The lowest BCUT2D eigenvalue weighted by Gasteiger charge is -1.98. The van der Waals surface area contributed by atoms with E-state index >= 15 is 0 Å². The monoisotopic (exact) mass is 207 g/mol. The average molecular weight is 207 g/mol. The number of hydrogen-bond acceptors (Lipinski definition) is 4. The van der Waals surface area contributed by atoms with Gasteiger partial charge in [0.15, 0.2) is 5.78 Å². The topological polar surface area (TPSA) is 80.4 Å². The van der Waals surface area contributed by atoms with Gasteiger partial charge in [-0.15, -0.1) is 0 Å². The maximum atomic E-state index is 10.6. The normalized spacial score (nSPS) is 10.5. The van der Waals surface area contributed by atoms with Crippen molar-refractivity contribution in [1.82, 2.24) is 0 Å². The number of aromatic hydroxyl groups is 1. The predicted octanol–water partition coefficient (Wildman–Crippen LogP) is 1.90. The summed E-state index contributed by atoms with van der Waals surface area (Å²) in [6.45, 7) is 1.35. The predicted molar refractivity (Wildman–Crippen MR) is 54.5 cm³/mol. The molecule has 0 spiro atoms. The molecule has 0 fully saturated rings. The Morgan fingerprint density at radius 3 is 2.73 bits per heavy atom. The first-order valence-electron chi connectivity index (χ1n) is 4.17. The lowest BCUT2D eigenvalue weighted by molar-refractivity contribution is -0.384. The number of nitrogens with zero attached hydrogens (tertiary/aromatic N) is 1. The van der Waals surface area contributed by atoms with Gasteiger partial charge in [-0.05, 0) is 25.1 Å². The molecule has 0 aliphatic heterocycles. The van der Waals surface area contributed by atoms with Gasteiger partial charge in [-0.1, -0.05) is 0 Å². The highest BCUT2D eigenvalue weighted by Gasteiger charge is 2.07. The fourth-order valence-corrected chi connectivity index (χ4v) is 0.996. The summed E-state index contributed by atoms with van der Waals surface area (Å²) in [5.74, 6) is -0.293. The molecule has 0 saturated heterocycles. The van der Waals surface area contributed by atoms with Crippen LogP contribution in [-0.2, 0) is 4.79 Å². The van der Waals surface area contributed by atoms with Crippen LogP contribution < -0.4 is 0 Å². The third kappa shape index (κ3) is 2.91. The summed E-state index contributed by atoms with van der Waals surface area (Å²) in [5, 5.41) is 19.8. The van der Waals surface area contributed by atoms with Crippen LogP contribution in [0.3, 0.4) is 0 Å². The molecule has 1 aromatic rings. The SMILES string of the molecule is CC(=O)C=Cc1cc([N+](=O)[O-])ccc1O. The van der Waals surface area contributed by atoms with Crippen molar-refractivity contribution >= 4 is 17.5 Å². The van der Waals surface area contributed by atoms with Crippen LogP contribution >= 0.6 is 0 Å². The highest BCUT2D eigenvalue weighted by Crippen LogP contribution is 2.23. The summed E-state index contributed by atoms with van der Waals surface area (Å²) in [7, 11) is 0. The minimum Gasteiger partial charge on any atom is -0.507 e. The van der Waals surface area contributed by atoms with Gasteiger partial charge in [-0.2, -0.15) is 0 Å². The molecule has 0 heterocycles. The van der Waals surface area contributed by atoms with E-state index in [1.807, 2.05) is 0 Å². The van der Waals surface area contributed by atoms with Gasteiger partial charge in [-0.25, -0.2) is 0 Å². The third-order valence-electron chi connectivity index (χ3n) is 1.72. The fraction of sp³-hybridized carbons (Fsp3) is 0.100. The van der Waals surface area contributed by atoms with Gasteiger partial charge in [0, 0.05) is 17.7 Å². The molecule has 0 bridgehead atoms. The highest BCUT2D eigenvalue weighted by molar-refractivity contribution is 5.92. The Balaban J connectivity index is 3.11. The molecule has 5 nitrogen and oxygen atoms in total. The Morgan fingerprint density at radius 1 is 1.53 bits per heavy atom. The summed E-state index contributed by atoms with van der Waals surface area (Å²) in [6, 6.07) is 3.62. The van der Waals surface area contributed by atoms with Gasteiger partial charge < -0.3 is 5.11 Å². The summed E-state index contributed by atoms with van der Waals surface area (Å²) in [6.07, 6.45) is 2.57. The maximum Gasteiger partial charge on any atom is 0.270 e. The molecule has 0 saturated carbocycles. The van der Waals surface area contributed by atoms with Gasteiger partial charge >= 0.3 is 0 Å². The Kier molecular flexibility index (Phi) is 3.17. The van der Waals surface area contributed by atoms with Crippen molar-refractivity contribution in [3.05, 3.63) is 40.0 Å². The molecule has 0 atom stereocenters. The number of nitro benzene ring substituents is 1. The molecule has 0 amide bonds. The number of allylic oxidation sites excluding steroid dienone is 1. The summed E-state index contributed by atoms with van der Waals surface area (Å²) >= 11 is 0. The zero-order valence-corrected chi connectivity index (χ0v) is 8.01. The highest BCUT2D eigenvalue weighted by atomic mass is 16.6. The summed E-state index contributed by atoms with van der Waals surface area (Å²) < 4.78 is 0.